The van der Waals surface area contributed by atoms with Gasteiger partial charge in [-0.05, 0) is 37.6 Å². The molecule has 0 bridgehead atoms. The van der Waals surface area contributed by atoms with Gasteiger partial charge in [-0.15, -0.1) is 16.4 Å². The predicted molar refractivity (Wildman–Crippen MR) is 65.8 cm³/mol. The Hall–Kier alpha value is -1.68. The smallest absolute Gasteiger partial charge is 0.192 e. The van der Waals surface area contributed by atoms with Crippen LogP contribution in [0.4, 0.5) is 0 Å². The van der Waals surface area contributed by atoms with Gasteiger partial charge in [0.2, 0.25) is 0 Å². The molecule has 3 rings (SSSR count). The van der Waals surface area contributed by atoms with Crippen LogP contribution in [0.3, 0.4) is 0 Å². The first kappa shape index (κ1) is 9.54. The van der Waals surface area contributed by atoms with E-state index in [1.54, 1.807) is 11.3 Å². The molecule has 0 amide bonds. The third-order valence-corrected chi connectivity index (χ3v) is 3.51. The molecule has 80 valence electrons. The van der Waals surface area contributed by atoms with Crippen molar-refractivity contribution in [3.05, 3.63) is 40.9 Å². The van der Waals surface area contributed by atoms with Crippen LogP contribution in [0.5, 0.6) is 0 Å². The molecule has 0 aliphatic rings. The molecule has 0 saturated heterocycles. The van der Waals surface area contributed by atoms with Crippen molar-refractivity contribution >= 4 is 17.0 Å². The van der Waals surface area contributed by atoms with Gasteiger partial charge in [0.25, 0.3) is 0 Å². The molecule has 0 saturated carbocycles. The first-order valence-electron chi connectivity index (χ1n) is 5.13. The Morgan fingerprint density at radius 2 is 2.06 bits per heavy atom. The lowest BCUT2D eigenvalue weighted by molar-refractivity contribution is 0.962. The van der Waals surface area contributed by atoms with E-state index in [1.807, 2.05) is 29.8 Å². The SMILES string of the molecule is Cc1ccc(-c2nc3c(C)cccn3n2)s1. The summed E-state index contributed by atoms with van der Waals surface area (Å²) in [5.41, 5.74) is 2.08. The van der Waals surface area contributed by atoms with Gasteiger partial charge in [-0.25, -0.2) is 9.50 Å². The fourth-order valence-electron chi connectivity index (χ4n) is 1.70. The molecule has 4 heteroatoms. The molecule has 16 heavy (non-hydrogen) atoms. The van der Waals surface area contributed by atoms with Gasteiger partial charge in [-0.2, -0.15) is 0 Å². The normalized spacial score (nSPS) is 11.1. The maximum absolute atomic E-state index is 4.56. The maximum atomic E-state index is 4.56. The van der Waals surface area contributed by atoms with Gasteiger partial charge in [0.15, 0.2) is 11.5 Å². The van der Waals surface area contributed by atoms with E-state index in [0.29, 0.717) is 0 Å². The highest BCUT2D eigenvalue weighted by atomic mass is 32.1. The van der Waals surface area contributed by atoms with Gasteiger partial charge in [0, 0.05) is 11.1 Å². The number of rotatable bonds is 1. The van der Waals surface area contributed by atoms with E-state index in [0.717, 1.165) is 21.9 Å². The highest BCUT2D eigenvalue weighted by Crippen LogP contribution is 2.25. The van der Waals surface area contributed by atoms with Gasteiger partial charge >= 0.3 is 0 Å². The standard InChI is InChI=1S/C12H11N3S/c1-8-4-3-7-15-12(8)13-11(14-15)10-6-5-9(2)16-10/h3-7H,1-2H3. The Balaban J connectivity index is 2.22. The lowest BCUT2D eigenvalue weighted by Gasteiger charge is -1.92. The number of hydrogen-bond acceptors (Lipinski definition) is 3. The summed E-state index contributed by atoms with van der Waals surface area (Å²) in [7, 11) is 0. The van der Waals surface area contributed by atoms with Crippen molar-refractivity contribution in [1.29, 1.82) is 0 Å². The van der Waals surface area contributed by atoms with E-state index in [1.165, 1.54) is 4.88 Å². The van der Waals surface area contributed by atoms with E-state index in [-0.39, 0.29) is 0 Å². The predicted octanol–water partition coefficient (Wildman–Crippen LogP) is 3.07. The van der Waals surface area contributed by atoms with E-state index >= 15 is 0 Å². The first-order valence-corrected chi connectivity index (χ1v) is 5.94. The lowest BCUT2D eigenvalue weighted by Crippen LogP contribution is -1.87. The van der Waals surface area contributed by atoms with E-state index in [9.17, 15) is 0 Å². The van der Waals surface area contributed by atoms with E-state index in [4.69, 9.17) is 0 Å². The van der Waals surface area contributed by atoms with Crippen molar-refractivity contribution in [2.45, 2.75) is 13.8 Å². The summed E-state index contributed by atoms with van der Waals surface area (Å²) in [4.78, 5) is 6.97. The summed E-state index contributed by atoms with van der Waals surface area (Å²) in [6.45, 7) is 4.14. The number of pyridine rings is 1. The fraction of sp³-hybridized carbons (Fsp3) is 0.167. The van der Waals surface area contributed by atoms with Crippen LogP contribution in [-0.2, 0) is 0 Å². The Morgan fingerprint density at radius 1 is 1.19 bits per heavy atom. The van der Waals surface area contributed by atoms with Crippen LogP contribution in [0.2, 0.25) is 0 Å². The molecule has 3 aromatic heterocycles. The molecule has 0 unspecified atom stereocenters. The van der Waals surface area contributed by atoms with Crippen LogP contribution >= 0.6 is 11.3 Å². The largest absolute Gasteiger partial charge is 0.220 e. The quantitative estimate of drug-likeness (QED) is 0.642. The number of aromatic nitrogens is 3. The maximum Gasteiger partial charge on any atom is 0.192 e. The van der Waals surface area contributed by atoms with Gasteiger partial charge in [-0.3, -0.25) is 0 Å². The number of nitrogens with zero attached hydrogens (tertiary/aromatic N) is 3. The minimum atomic E-state index is 0.812. The Kier molecular flexibility index (Phi) is 2.04. The highest BCUT2D eigenvalue weighted by molar-refractivity contribution is 7.15. The summed E-state index contributed by atoms with van der Waals surface area (Å²) in [6.07, 6.45) is 1.93. The second-order valence-corrected chi connectivity index (χ2v) is 5.09. The average molecular weight is 229 g/mol. The Morgan fingerprint density at radius 3 is 2.75 bits per heavy atom. The molecule has 0 atom stereocenters. The molecule has 0 radical (unpaired) electrons. The third kappa shape index (κ3) is 1.42. The minimum Gasteiger partial charge on any atom is -0.220 e. The van der Waals surface area contributed by atoms with Crippen LogP contribution in [0.25, 0.3) is 16.3 Å². The molecular formula is C12H11N3S. The average Bonchev–Trinajstić information content (AvgIpc) is 2.84. The molecular weight excluding hydrogens is 218 g/mol. The van der Waals surface area contributed by atoms with Crippen molar-refractivity contribution in [2.75, 3.05) is 0 Å². The molecule has 0 spiro atoms. The van der Waals surface area contributed by atoms with Gasteiger partial charge in [0.1, 0.15) is 0 Å². The molecule has 0 aromatic carbocycles. The van der Waals surface area contributed by atoms with Crippen molar-refractivity contribution in [2.24, 2.45) is 0 Å². The van der Waals surface area contributed by atoms with Crippen molar-refractivity contribution < 1.29 is 0 Å². The van der Waals surface area contributed by atoms with Crippen LogP contribution in [-0.4, -0.2) is 14.6 Å². The zero-order valence-corrected chi connectivity index (χ0v) is 9.95. The molecule has 0 aliphatic heterocycles. The summed E-state index contributed by atoms with van der Waals surface area (Å²) < 4.78 is 1.83. The molecule has 0 fully saturated rings. The first-order chi connectivity index (χ1) is 7.74. The van der Waals surface area contributed by atoms with Crippen molar-refractivity contribution in [3.8, 4) is 10.7 Å². The topological polar surface area (TPSA) is 30.2 Å². The number of aryl methyl sites for hydroxylation is 2. The summed E-state index contributed by atoms with van der Waals surface area (Å²) in [5, 5.41) is 4.47. The Bertz CT molecular complexity index is 651. The number of hydrogen-bond donors (Lipinski definition) is 0. The van der Waals surface area contributed by atoms with Gasteiger partial charge in [-0.1, -0.05) is 6.07 Å². The van der Waals surface area contributed by atoms with Crippen LogP contribution in [0, 0.1) is 13.8 Å². The van der Waals surface area contributed by atoms with Crippen LogP contribution < -0.4 is 0 Å². The van der Waals surface area contributed by atoms with Gasteiger partial charge in [0.05, 0.1) is 4.88 Å². The fourth-order valence-corrected chi connectivity index (χ4v) is 2.50. The van der Waals surface area contributed by atoms with E-state index in [2.05, 4.69) is 29.1 Å². The highest BCUT2D eigenvalue weighted by Gasteiger charge is 2.08. The number of fused-ring (bicyclic) bond motifs is 1. The summed E-state index contributed by atoms with van der Waals surface area (Å²) in [6, 6.07) is 8.20. The second-order valence-electron chi connectivity index (χ2n) is 3.81. The van der Waals surface area contributed by atoms with Crippen LogP contribution in [0.1, 0.15) is 10.4 Å². The molecule has 3 nitrogen and oxygen atoms in total. The monoisotopic (exact) mass is 229 g/mol. The van der Waals surface area contributed by atoms with E-state index < -0.39 is 0 Å². The summed E-state index contributed by atoms with van der Waals surface area (Å²) >= 11 is 1.72. The molecule has 0 aliphatic carbocycles. The molecule has 3 aromatic rings. The minimum absolute atomic E-state index is 0.812. The molecule has 3 heterocycles. The second kappa shape index (κ2) is 3.42. The lowest BCUT2D eigenvalue weighted by atomic mass is 10.3. The van der Waals surface area contributed by atoms with Crippen LogP contribution in [0.15, 0.2) is 30.5 Å². The Labute approximate surface area is 97.4 Å². The zero-order chi connectivity index (χ0) is 11.1. The van der Waals surface area contributed by atoms with Crippen molar-refractivity contribution in [1.82, 2.24) is 14.6 Å². The zero-order valence-electron chi connectivity index (χ0n) is 9.14. The molecule has 0 N–H and O–H groups in total. The summed E-state index contributed by atoms with van der Waals surface area (Å²) in [5.74, 6) is 0.812. The van der Waals surface area contributed by atoms with Gasteiger partial charge < -0.3 is 0 Å². The number of thiophene rings is 1. The third-order valence-electron chi connectivity index (χ3n) is 2.52. The van der Waals surface area contributed by atoms with Crippen molar-refractivity contribution in [3.63, 3.8) is 0 Å².